The van der Waals surface area contributed by atoms with Crippen LogP contribution in [0.3, 0.4) is 0 Å². The van der Waals surface area contributed by atoms with Crippen LogP contribution in [0.4, 0.5) is 15.3 Å². The maximum Gasteiger partial charge on any atom is 0.225 e. The molecule has 2 unspecified atom stereocenters. The first-order valence-electron chi connectivity index (χ1n) is 14.2. The third-order valence-electron chi connectivity index (χ3n) is 7.30. The highest BCUT2D eigenvalue weighted by Crippen LogP contribution is 2.43. The van der Waals surface area contributed by atoms with Crippen LogP contribution in [0.15, 0.2) is 12.4 Å². The zero-order valence-electron chi connectivity index (χ0n) is 24.1. The third kappa shape index (κ3) is 6.00. The fraction of sp³-hybridized carbons (Fsp3) is 0.467. The van der Waals surface area contributed by atoms with Gasteiger partial charge in [0.2, 0.25) is 5.95 Å². The molecule has 0 spiro atoms. The van der Waals surface area contributed by atoms with Gasteiger partial charge in [0.25, 0.3) is 0 Å². The van der Waals surface area contributed by atoms with Gasteiger partial charge in [0.05, 0.1) is 40.9 Å². The first-order valence-corrected chi connectivity index (χ1v) is 15.6. The fourth-order valence-corrected chi connectivity index (χ4v) is 6.71. The molecular weight excluding hydrogens is 558 g/mol. The van der Waals surface area contributed by atoms with Gasteiger partial charge in [-0.2, -0.15) is 5.26 Å². The molecular formula is C30H38FN6O2PS. The Labute approximate surface area is 247 Å². The molecule has 1 fully saturated rings. The van der Waals surface area contributed by atoms with Crippen LogP contribution in [-0.2, 0) is 18.0 Å². The van der Waals surface area contributed by atoms with Crippen molar-refractivity contribution in [1.82, 2.24) is 15.0 Å². The number of nitrogen functional groups attached to an aromatic ring is 1. The van der Waals surface area contributed by atoms with Crippen LogP contribution in [0, 0.1) is 23.1 Å². The van der Waals surface area contributed by atoms with E-state index in [1.165, 1.54) is 12.6 Å². The molecule has 0 saturated carbocycles. The maximum absolute atomic E-state index is 14.6. The number of aliphatic hydroxyl groups excluding tert-OH is 1. The van der Waals surface area contributed by atoms with Crippen molar-refractivity contribution in [2.45, 2.75) is 66.6 Å². The second kappa shape index (κ2) is 13.8. The van der Waals surface area contributed by atoms with E-state index in [-0.39, 0.29) is 10.6 Å². The van der Waals surface area contributed by atoms with Crippen molar-refractivity contribution in [3.63, 3.8) is 0 Å². The number of pyridine rings is 1. The van der Waals surface area contributed by atoms with Crippen molar-refractivity contribution in [1.29, 1.82) is 5.26 Å². The number of hydrogen-bond donors (Lipinski definition) is 2. The Balaban J connectivity index is 0.000000433. The zero-order valence-corrected chi connectivity index (χ0v) is 26.1. The van der Waals surface area contributed by atoms with Gasteiger partial charge >= 0.3 is 0 Å². The molecule has 1 saturated heterocycles. The van der Waals surface area contributed by atoms with E-state index >= 15 is 0 Å². The van der Waals surface area contributed by atoms with E-state index in [0.717, 1.165) is 76.6 Å². The Morgan fingerprint density at radius 3 is 2.63 bits per heavy atom. The average Bonchev–Trinajstić information content (AvgIpc) is 3.73. The summed E-state index contributed by atoms with van der Waals surface area (Å²) in [7, 11) is 2.79. The van der Waals surface area contributed by atoms with Crippen molar-refractivity contribution >= 4 is 57.8 Å². The molecule has 0 amide bonds. The molecule has 3 aromatic heterocycles. The summed E-state index contributed by atoms with van der Waals surface area (Å²) >= 11 is 1.07. The van der Waals surface area contributed by atoms with Crippen LogP contribution in [0.5, 0.6) is 0 Å². The zero-order chi connectivity index (χ0) is 29.7. The molecule has 2 aliphatic heterocycles. The standard InChI is InChI=1S/C23H20FN6OPS.C5H12O.C2H6/c1-10-2-3-30(7-10)23-28-5-12-13-8-31-9-14(13)16(20(32)18(12)29-23)19-17-11(4-25)22(26)33-21(17)15(24)6-27-19;1-2-3-4-5-6;1-2/h5-6,10H,2-3,7-9,26,32H2,1H3;6H,2-5H2,1H3;1-2H3. The van der Waals surface area contributed by atoms with Crippen molar-refractivity contribution < 1.29 is 14.2 Å². The number of ether oxygens (including phenoxy) is 1. The SMILES string of the molecule is CC.CC1CCN(c2ncc3c4c(c(-c5ncc(F)c6sc(N)c(C#N)c56)c(P)c3n2)COC4)C1.CCCCCO. The van der Waals surface area contributed by atoms with Crippen molar-refractivity contribution in [2.24, 2.45) is 5.92 Å². The Kier molecular flexibility index (Phi) is 10.4. The topological polar surface area (TPSA) is 121 Å². The third-order valence-corrected chi connectivity index (χ3v) is 8.89. The van der Waals surface area contributed by atoms with Crippen LogP contribution in [-0.4, -0.2) is 39.8 Å². The lowest BCUT2D eigenvalue weighted by Gasteiger charge is -2.19. The van der Waals surface area contributed by atoms with E-state index in [1.54, 1.807) is 0 Å². The van der Waals surface area contributed by atoms with E-state index in [1.807, 2.05) is 20.0 Å². The van der Waals surface area contributed by atoms with E-state index in [0.29, 0.717) is 47.5 Å². The molecule has 1 aromatic carbocycles. The minimum atomic E-state index is -0.487. The quantitative estimate of drug-likeness (QED) is 0.210. The molecule has 41 heavy (non-hydrogen) atoms. The molecule has 8 nitrogen and oxygen atoms in total. The molecule has 3 N–H and O–H groups in total. The number of benzene rings is 1. The van der Waals surface area contributed by atoms with E-state index in [9.17, 15) is 9.65 Å². The fourth-order valence-electron chi connectivity index (χ4n) is 5.26. The molecule has 218 valence electrons. The van der Waals surface area contributed by atoms with Gasteiger partial charge in [0, 0.05) is 47.5 Å². The summed E-state index contributed by atoms with van der Waals surface area (Å²) < 4.78 is 20.8. The number of rotatable bonds is 5. The summed E-state index contributed by atoms with van der Waals surface area (Å²) in [6.07, 6.45) is 7.52. The summed E-state index contributed by atoms with van der Waals surface area (Å²) in [5.74, 6) is 0.822. The molecule has 4 aromatic rings. The average molecular weight is 597 g/mol. The second-order valence-corrected chi connectivity index (χ2v) is 11.7. The Hall–Kier alpha value is -2.96. The highest BCUT2D eigenvalue weighted by molar-refractivity contribution is 7.29. The van der Waals surface area contributed by atoms with Gasteiger partial charge in [-0.25, -0.2) is 14.4 Å². The number of nitrogens with zero attached hydrogens (tertiary/aromatic N) is 5. The largest absolute Gasteiger partial charge is 0.396 e. The lowest BCUT2D eigenvalue weighted by Crippen LogP contribution is -2.22. The number of fused-ring (bicyclic) bond motifs is 4. The molecule has 0 aliphatic carbocycles. The maximum atomic E-state index is 14.6. The van der Waals surface area contributed by atoms with Gasteiger partial charge in [-0.05, 0) is 29.9 Å². The van der Waals surface area contributed by atoms with Gasteiger partial charge in [-0.1, -0.05) is 40.5 Å². The first kappa shape index (κ1) is 31.0. The number of anilines is 2. The predicted octanol–water partition coefficient (Wildman–Crippen LogP) is 6.07. The number of unbranched alkanes of at least 4 members (excludes halogenated alkanes) is 2. The van der Waals surface area contributed by atoms with Crippen LogP contribution >= 0.6 is 20.6 Å². The number of hydrogen-bond acceptors (Lipinski definition) is 9. The Morgan fingerprint density at radius 2 is 2.00 bits per heavy atom. The highest BCUT2D eigenvalue weighted by atomic mass is 32.1. The number of halogens is 1. The van der Waals surface area contributed by atoms with Crippen LogP contribution in [0.25, 0.3) is 32.2 Å². The molecule has 11 heteroatoms. The Bertz CT molecular complexity index is 1580. The lowest BCUT2D eigenvalue weighted by molar-refractivity contribution is 0.135. The van der Waals surface area contributed by atoms with Crippen LogP contribution in [0.1, 0.15) is 70.1 Å². The van der Waals surface area contributed by atoms with Crippen molar-refractivity contribution in [3.8, 4) is 17.3 Å². The Morgan fingerprint density at radius 1 is 1.24 bits per heavy atom. The molecule has 0 bridgehead atoms. The smallest absolute Gasteiger partial charge is 0.225 e. The molecule has 0 radical (unpaired) electrons. The van der Waals surface area contributed by atoms with Gasteiger partial charge < -0.3 is 20.5 Å². The molecule has 6 rings (SSSR count). The van der Waals surface area contributed by atoms with E-state index < -0.39 is 5.82 Å². The van der Waals surface area contributed by atoms with Gasteiger partial charge in [-0.15, -0.1) is 20.6 Å². The number of aliphatic hydroxyl groups is 1. The molecule has 5 heterocycles. The number of nitriles is 1. The second-order valence-electron chi connectivity index (χ2n) is 10.1. The number of aromatic nitrogens is 3. The minimum Gasteiger partial charge on any atom is -0.396 e. The van der Waals surface area contributed by atoms with Crippen LogP contribution in [0.2, 0.25) is 0 Å². The monoisotopic (exact) mass is 596 g/mol. The first-order chi connectivity index (χ1) is 19.9. The summed E-state index contributed by atoms with van der Waals surface area (Å²) in [6, 6.07) is 2.14. The van der Waals surface area contributed by atoms with Crippen LogP contribution < -0.4 is 15.9 Å². The number of thiophene rings is 1. The lowest BCUT2D eigenvalue weighted by atomic mass is 9.94. The summed E-state index contributed by atoms with van der Waals surface area (Å²) in [5, 5.41) is 20.5. The summed E-state index contributed by atoms with van der Waals surface area (Å²) in [5.41, 5.74) is 10.4. The van der Waals surface area contributed by atoms with Crippen molar-refractivity contribution in [3.05, 3.63) is 34.9 Å². The highest BCUT2D eigenvalue weighted by Gasteiger charge is 2.29. The van der Waals surface area contributed by atoms with E-state index in [2.05, 4.69) is 44.0 Å². The normalized spacial score (nSPS) is 15.8. The summed E-state index contributed by atoms with van der Waals surface area (Å²) in [6.45, 7) is 11.4. The summed E-state index contributed by atoms with van der Waals surface area (Å²) in [4.78, 5) is 16.3. The van der Waals surface area contributed by atoms with Gasteiger partial charge in [-0.3, -0.25) is 4.98 Å². The van der Waals surface area contributed by atoms with Crippen molar-refractivity contribution in [2.75, 3.05) is 30.3 Å². The predicted molar refractivity (Wildman–Crippen MR) is 169 cm³/mol. The minimum absolute atomic E-state index is 0.253. The van der Waals surface area contributed by atoms with Gasteiger partial charge in [0.1, 0.15) is 11.1 Å². The molecule has 2 aliphatic rings. The molecule has 2 atom stereocenters. The van der Waals surface area contributed by atoms with E-state index in [4.69, 9.17) is 20.6 Å². The number of nitrogens with two attached hydrogens (primary N) is 1. The van der Waals surface area contributed by atoms with Gasteiger partial charge in [0.15, 0.2) is 5.82 Å².